The molecule has 0 amide bonds. The van der Waals surface area contributed by atoms with Crippen LogP contribution in [0.3, 0.4) is 0 Å². The first kappa shape index (κ1) is 16.0. The monoisotopic (exact) mass is 281 g/mol. The van der Waals surface area contributed by atoms with Gasteiger partial charge in [0.05, 0.1) is 0 Å². The first-order valence-electron chi connectivity index (χ1n) is 6.38. The number of nitrogens with zero attached hydrogens (tertiary/aromatic N) is 1. The molecule has 0 spiro atoms. The summed E-state index contributed by atoms with van der Waals surface area (Å²) < 4.78 is 16.1. The van der Waals surface area contributed by atoms with E-state index in [0.29, 0.717) is 0 Å². The highest BCUT2D eigenvalue weighted by atomic mass is 28.4. The maximum atomic E-state index is 5.36. The van der Waals surface area contributed by atoms with Gasteiger partial charge in [0.2, 0.25) is 0 Å². The molecule has 0 atom stereocenters. The van der Waals surface area contributed by atoms with Gasteiger partial charge in [0.1, 0.15) is 0 Å². The van der Waals surface area contributed by atoms with Gasteiger partial charge in [-0.3, -0.25) is 4.99 Å². The molecule has 0 saturated heterocycles. The van der Waals surface area contributed by atoms with Crippen LogP contribution in [0.25, 0.3) is 0 Å². The van der Waals surface area contributed by atoms with Gasteiger partial charge in [0.25, 0.3) is 0 Å². The summed E-state index contributed by atoms with van der Waals surface area (Å²) >= 11 is 0. The third-order valence-corrected chi connectivity index (χ3v) is 5.85. The predicted octanol–water partition coefficient (Wildman–Crippen LogP) is 2.68. The van der Waals surface area contributed by atoms with Crippen LogP contribution < -0.4 is 0 Å². The maximum Gasteiger partial charge on any atom is 0.500 e. The van der Waals surface area contributed by atoms with Gasteiger partial charge >= 0.3 is 8.80 Å². The molecule has 19 heavy (non-hydrogen) atoms. The van der Waals surface area contributed by atoms with Gasteiger partial charge in [-0.25, -0.2) is 0 Å². The average Bonchev–Trinajstić information content (AvgIpc) is 2.45. The van der Waals surface area contributed by atoms with Gasteiger partial charge in [0, 0.05) is 40.1 Å². The van der Waals surface area contributed by atoms with Crippen LogP contribution in [0.4, 0.5) is 0 Å². The lowest BCUT2D eigenvalue weighted by Crippen LogP contribution is -2.42. The Kier molecular flexibility index (Phi) is 6.94. The highest BCUT2D eigenvalue weighted by Gasteiger charge is 2.36. The van der Waals surface area contributed by atoms with Crippen LogP contribution in [0, 0.1) is 6.92 Å². The second-order valence-electron chi connectivity index (χ2n) is 4.34. The van der Waals surface area contributed by atoms with E-state index in [1.807, 2.05) is 6.21 Å². The van der Waals surface area contributed by atoms with Crippen molar-refractivity contribution in [1.82, 2.24) is 0 Å². The van der Waals surface area contributed by atoms with Crippen LogP contribution in [0.5, 0.6) is 0 Å². The highest BCUT2D eigenvalue weighted by molar-refractivity contribution is 6.60. The quantitative estimate of drug-likeness (QED) is 0.418. The van der Waals surface area contributed by atoms with E-state index in [1.165, 1.54) is 5.56 Å². The van der Waals surface area contributed by atoms with E-state index in [-0.39, 0.29) is 0 Å². The molecular weight excluding hydrogens is 258 g/mol. The highest BCUT2D eigenvalue weighted by Crippen LogP contribution is 2.14. The largest absolute Gasteiger partial charge is 0.500 e. The van der Waals surface area contributed by atoms with Gasteiger partial charge in [0.15, 0.2) is 0 Å². The predicted molar refractivity (Wildman–Crippen MR) is 79.8 cm³/mol. The molecule has 1 rings (SSSR count). The molecule has 0 aliphatic heterocycles. The van der Waals surface area contributed by atoms with Gasteiger partial charge in [-0.1, -0.05) is 29.8 Å². The minimum absolute atomic E-state index is 0.749. The van der Waals surface area contributed by atoms with E-state index in [2.05, 4.69) is 36.2 Å². The molecule has 0 fully saturated rings. The summed E-state index contributed by atoms with van der Waals surface area (Å²) in [4.78, 5) is 4.41. The number of rotatable bonds is 8. The standard InChI is InChI=1S/C14H23NO3Si/c1-13-6-8-14(9-7-13)12-15-10-5-11-19(16-2,17-3)18-4/h6-9,12H,5,10-11H2,1-4H3. The van der Waals surface area contributed by atoms with Crippen LogP contribution in [0.2, 0.25) is 6.04 Å². The molecule has 106 valence electrons. The van der Waals surface area contributed by atoms with E-state index < -0.39 is 8.80 Å². The van der Waals surface area contributed by atoms with Crippen molar-refractivity contribution >= 4 is 15.0 Å². The van der Waals surface area contributed by atoms with Gasteiger partial charge in [-0.2, -0.15) is 0 Å². The Bertz CT molecular complexity index is 380. The summed E-state index contributed by atoms with van der Waals surface area (Å²) in [5.41, 5.74) is 2.38. The fourth-order valence-electron chi connectivity index (χ4n) is 1.77. The van der Waals surface area contributed by atoms with Crippen molar-refractivity contribution in [3.05, 3.63) is 35.4 Å². The SMILES string of the molecule is CO[Si](CCCN=Cc1ccc(C)cc1)(OC)OC. The van der Waals surface area contributed by atoms with Crippen LogP contribution in [0.15, 0.2) is 29.3 Å². The summed E-state index contributed by atoms with van der Waals surface area (Å²) in [6.07, 6.45) is 2.79. The lowest BCUT2D eigenvalue weighted by molar-refractivity contribution is 0.123. The molecule has 0 radical (unpaired) electrons. The molecule has 4 nitrogen and oxygen atoms in total. The summed E-state index contributed by atoms with van der Waals surface area (Å²) in [5, 5.41) is 0. The normalized spacial score (nSPS) is 12.2. The van der Waals surface area contributed by atoms with Crippen molar-refractivity contribution in [2.75, 3.05) is 27.9 Å². The number of aliphatic imine (C=N–C) groups is 1. The zero-order valence-electron chi connectivity index (χ0n) is 12.2. The van der Waals surface area contributed by atoms with Gasteiger partial charge < -0.3 is 13.3 Å². The van der Waals surface area contributed by atoms with Crippen molar-refractivity contribution in [2.24, 2.45) is 4.99 Å². The summed E-state index contributed by atoms with van der Waals surface area (Å²) in [5.74, 6) is 0. The van der Waals surface area contributed by atoms with Crippen molar-refractivity contribution in [3.8, 4) is 0 Å². The molecule has 5 heteroatoms. The molecule has 0 saturated carbocycles. The Balaban J connectivity index is 2.36. The lowest BCUT2D eigenvalue weighted by atomic mass is 10.2. The van der Waals surface area contributed by atoms with E-state index in [4.69, 9.17) is 13.3 Å². The zero-order chi connectivity index (χ0) is 14.1. The van der Waals surface area contributed by atoms with E-state index in [1.54, 1.807) is 21.3 Å². The molecule has 0 bridgehead atoms. The first-order valence-corrected chi connectivity index (χ1v) is 8.31. The number of aryl methyl sites for hydroxylation is 1. The van der Waals surface area contributed by atoms with E-state index in [0.717, 1.165) is 24.6 Å². The summed E-state index contributed by atoms with van der Waals surface area (Å²) in [7, 11) is 2.47. The molecule has 0 heterocycles. The second kappa shape index (κ2) is 8.22. The third kappa shape index (κ3) is 5.24. The summed E-state index contributed by atoms with van der Waals surface area (Å²) in [6.45, 7) is 2.82. The molecule has 0 aromatic heterocycles. The zero-order valence-corrected chi connectivity index (χ0v) is 13.2. The molecule has 0 aliphatic rings. The Hall–Kier alpha value is -1.01. The fourth-order valence-corrected chi connectivity index (χ4v) is 3.47. The van der Waals surface area contributed by atoms with Crippen molar-refractivity contribution in [3.63, 3.8) is 0 Å². The Morgan fingerprint density at radius 1 is 1.05 bits per heavy atom. The van der Waals surface area contributed by atoms with Crippen molar-refractivity contribution < 1.29 is 13.3 Å². The van der Waals surface area contributed by atoms with Crippen LogP contribution >= 0.6 is 0 Å². The lowest BCUT2D eigenvalue weighted by Gasteiger charge is -2.23. The number of benzene rings is 1. The molecule has 1 aromatic carbocycles. The van der Waals surface area contributed by atoms with Crippen molar-refractivity contribution in [2.45, 2.75) is 19.4 Å². The molecular formula is C14H23NO3Si. The van der Waals surface area contributed by atoms with E-state index >= 15 is 0 Å². The van der Waals surface area contributed by atoms with Crippen molar-refractivity contribution in [1.29, 1.82) is 0 Å². The smallest absolute Gasteiger partial charge is 0.377 e. The van der Waals surface area contributed by atoms with Crippen LogP contribution in [-0.2, 0) is 13.3 Å². The first-order chi connectivity index (χ1) is 9.15. The topological polar surface area (TPSA) is 40.0 Å². The number of hydrogen-bond donors (Lipinski definition) is 0. The Morgan fingerprint density at radius 2 is 1.63 bits per heavy atom. The summed E-state index contributed by atoms with van der Waals surface area (Å²) in [6, 6.07) is 9.08. The second-order valence-corrected chi connectivity index (χ2v) is 7.44. The minimum Gasteiger partial charge on any atom is -0.377 e. The molecule has 0 N–H and O–H groups in total. The fraction of sp³-hybridized carbons (Fsp3) is 0.500. The third-order valence-electron chi connectivity index (χ3n) is 3.02. The molecule has 0 unspecified atom stereocenters. The average molecular weight is 281 g/mol. The molecule has 0 aliphatic carbocycles. The van der Waals surface area contributed by atoms with Crippen LogP contribution in [-0.4, -0.2) is 42.9 Å². The van der Waals surface area contributed by atoms with Gasteiger partial charge in [-0.05, 0) is 18.9 Å². The number of hydrogen-bond acceptors (Lipinski definition) is 4. The maximum absolute atomic E-state index is 5.36. The van der Waals surface area contributed by atoms with Crippen LogP contribution in [0.1, 0.15) is 17.5 Å². The molecule has 1 aromatic rings. The van der Waals surface area contributed by atoms with E-state index in [9.17, 15) is 0 Å². The minimum atomic E-state index is -2.43. The Morgan fingerprint density at radius 3 is 2.16 bits per heavy atom. The Labute approximate surface area is 116 Å². The van der Waals surface area contributed by atoms with Gasteiger partial charge in [-0.15, -0.1) is 0 Å².